The minimum atomic E-state index is -4.15. The Morgan fingerprint density at radius 3 is 2.63 bits per heavy atom. The summed E-state index contributed by atoms with van der Waals surface area (Å²) < 4.78 is 36.7. The first-order valence-corrected chi connectivity index (χ1v) is 12.6. The molecule has 3 N–H and O–H groups in total. The van der Waals surface area contributed by atoms with Gasteiger partial charge in [-0.05, 0) is 39.8 Å². The van der Waals surface area contributed by atoms with Crippen molar-refractivity contribution in [2.75, 3.05) is 6.61 Å². The number of esters is 1. The molecular weight excluding hydrogens is 481 g/mol. The molecule has 0 amide bonds. The summed E-state index contributed by atoms with van der Waals surface area (Å²) >= 11 is 0. The summed E-state index contributed by atoms with van der Waals surface area (Å²) in [5, 5.41) is 13.0. The molecular formula is C22H30N3O9P. The number of aliphatic hydroxyl groups is 1. The van der Waals surface area contributed by atoms with Crippen LogP contribution in [0.2, 0.25) is 0 Å². The molecule has 13 heteroatoms. The Morgan fingerprint density at radius 2 is 1.97 bits per heavy atom. The van der Waals surface area contributed by atoms with Gasteiger partial charge in [-0.1, -0.05) is 18.2 Å². The minimum Gasteiger partial charge on any atom is -0.462 e. The minimum absolute atomic E-state index is 0.0355. The van der Waals surface area contributed by atoms with E-state index in [1.54, 1.807) is 44.2 Å². The molecule has 192 valence electrons. The second-order valence-electron chi connectivity index (χ2n) is 8.44. The highest BCUT2D eigenvalue weighted by Crippen LogP contribution is 2.45. The summed E-state index contributed by atoms with van der Waals surface area (Å²) in [4.78, 5) is 38.2. The van der Waals surface area contributed by atoms with Gasteiger partial charge in [0.2, 0.25) is 0 Å². The number of ether oxygens (including phenoxy) is 2. The zero-order chi connectivity index (χ0) is 25.8. The van der Waals surface area contributed by atoms with E-state index in [0.717, 1.165) is 0 Å². The fourth-order valence-corrected chi connectivity index (χ4v) is 4.84. The predicted octanol–water partition coefficient (Wildman–Crippen LogP) is 1.63. The van der Waals surface area contributed by atoms with E-state index < -0.39 is 49.4 Å². The van der Waals surface area contributed by atoms with Crippen molar-refractivity contribution in [2.45, 2.75) is 64.7 Å². The van der Waals surface area contributed by atoms with E-state index in [2.05, 4.69) is 10.1 Å². The lowest BCUT2D eigenvalue weighted by atomic mass is 10.2. The lowest BCUT2D eigenvalue weighted by Crippen LogP contribution is -2.37. The molecule has 3 rings (SSSR count). The molecule has 1 fully saturated rings. The van der Waals surface area contributed by atoms with Gasteiger partial charge in [0.15, 0.2) is 0 Å². The highest BCUT2D eigenvalue weighted by Gasteiger charge is 2.39. The van der Waals surface area contributed by atoms with E-state index >= 15 is 0 Å². The fourth-order valence-electron chi connectivity index (χ4n) is 3.34. The van der Waals surface area contributed by atoms with Gasteiger partial charge in [-0.2, -0.15) is 5.09 Å². The van der Waals surface area contributed by atoms with E-state index in [0.29, 0.717) is 5.56 Å². The van der Waals surface area contributed by atoms with Gasteiger partial charge in [0, 0.05) is 18.2 Å². The van der Waals surface area contributed by atoms with Gasteiger partial charge < -0.3 is 19.1 Å². The SMILES string of the molecule is Cc1cn([C@@H]2C[C@@H](O)[C@H](COP(=O)(N[C@@H](C)C(=O)OC(C)C)Oc3ccccc3)O2)c(=O)[nH]c1=O. The van der Waals surface area contributed by atoms with Crippen molar-refractivity contribution >= 4 is 13.7 Å². The number of H-pyrrole nitrogens is 1. The van der Waals surface area contributed by atoms with Crippen LogP contribution in [0, 0.1) is 6.92 Å². The number of hydrogen-bond donors (Lipinski definition) is 3. The molecule has 2 aromatic rings. The third-order valence-electron chi connectivity index (χ3n) is 5.10. The largest absolute Gasteiger partial charge is 0.462 e. The highest BCUT2D eigenvalue weighted by molar-refractivity contribution is 7.52. The molecule has 5 atom stereocenters. The van der Waals surface area contributed by atoms with Gasteiger partial charge in [0.1, 0.15) is 24.1 Å². The first-order valence-electron chi connectivity index (χ1n) is 11.1. The molecule has 12 nitrogen and oxygen atoms in total. The van der Waals surface area contributed by atoms with Gasteiger partial charge >= 0.3 is 19.4 Å². The summed E-state index contributed by atoms with van der Waals surface area (Å²) in [5.74, 6) is -0.417. The second kappa shape index (κ2) is 11.3. The molecule has 1 unspecified atom stereocenters. The first kappa shape index (κ1) is 26.8. The molecule has 35 heavy (non-hydrogen) atoms. The average molecular weight is 511 g/mol. The molecule has 1 aromatic heterocycles. The van der Waals surface area contributed by atoms with Crippen LogP contribution in [-0.2, 0) is 23.4 Å². The Kier molecular flexibility index (Phi) is 8.68. The van der Waals surface area contributed by atoms with E-state index in [1.165, 1.54) is 24.6 Å². The van der Waals surface area contributed by atoms with Crippen LogP contribution in [0.1, 0.15) is 39.0 Å². The predicted molar refractivity (Wildman–Crippen MR) is 125 cm³/mol. The number of aryl methyl sites for hydroxylation is 1. The first-order chi connectivity index (χ1) is 16.5. The molecule has 1 aliphatic heterocycles. The number of nitrogens with zero attached hydrogens (tertiary/aromatic N) is 1. The third kappa shape index (κ3) is 7.12. The van der Waals surface area contributed by atoms with E-state index in [-0.39, 0.29) is 24.9 Å². The quantitative estimate of drug-likeness (QED) is 0.316. The number of nitrogens with one attached hydrogen (secondary N) is 2. The summed E-state index contributed by atoms with van der Waals surface area (Å²) in [7, 11) is -4.15. The number of aliphatic hydroxyl groups excluding tert-OH is 1. The summed E-state index contributed by atoms with van der Waals surface area (Å²) in [6, 6.07) is 7.20. The van der Waals surface area contributed by atoms with Crippen LogP contribution in [0.25, 0.3) is 0 Å². The summed E-state index contributed by atoms with van der Waals surface area (Å²) in [6.07, 6.45) is -1.90. The van der Waals surface area contributed by atoms with Crippen molar-refractivity contribution < 1.29 is 33.0 Å². The number of carbonyl (C=O) groups excluding carboxylic acids is 1. The lowest BCUT2D eigenvalue weighted by Gasteiger charge is -2.25. The van der Waals surface area contributed by atoms with Crippen molar-refractivity contribution in [2.24, 2.45) is 0 Å². The standard InChI is InChI=1S/C22H30N3O9P/c1-13(2)32-21(28)15(4)24-35(30,34-16-8-6-5-7-9-16)31-12-18-17(26)10-19(33-18)25-11-14(3)20(27)23-22(25)29/h5-9,11,13,15,17-19,26H,10,12H2,1-4H3,(H,24,30)(H,23,27,29)/t15-,17+,18-,19-,35?/m0/s1. The number of aromatic nitrogens is 2. The molecule has 2 heterocycles. The molecule has 1 saturated heterocycles. The molecule has 1 aromatic carbocycles. The molecule has 0 saturated carbocycles. The lowest BCUT2D eigenvalue weighted by molar-refractivity contribution is -0.149. The van der Waals surface area contributed by atoms with Crippen LogP contribution in [0.15, 0.2) is 46.1 Å². The van der Waals surface area contributed by atoms with Gasteiger partial charge in [0.25, 0.3) is 5.56 Å². The summed E-state index contributed by atoms with van der Waals surface area (Å²) in [6.45, 7) is 5.99. The van der Waals surface area contributed by atoms with Crippen LogP contribution in [0.4, 0.5) is 0 Å². The number of aromatic amines is 1. The van der Waals surface area contributed by atoms with Gasteiger partial charge in [0.05, 0.1) is 18.8 Å². The number of rotatable bonds is 10. The summed E-state index contributed by atoms with van der Waals surface area (Å²) in [5.41, 5.74) is -0.897. The number of hydrogen-bond acceptors (Lipinski definition) is 9. The molecule has 0 radical (unpaired) electrons. The third-order valence-corrected chi connectivity index (χ3v) is 6.74. The molecule has 0 spiro atoms. The Balaban J connectivity index is 1.73. The smallest absolute Gasteiger partial charge is 0.459 e. The van der Waals surface area contributed by atoms with Crippen molar-refractivity contribution in [1.82, 2.24) is 14.6 Å². The topological polar surface area (TPSA) is 158 Å². The average Bonchev–Trinajstić information content (AvgIpc) is 3.15. The van der Waals surface area contributed by atoms with Crippen molar-refractivity contribution in [3.63, 3.8) is 0 Å². The van der Waals surface area contributed by atoms with Crippen molar-refractivity contribution in [3.8, 4) is 5.75 Å². The van der Waals surface area contributed by atoms with Gasteiger partial charge in [-0.25, -0.2) is 9.36 Å². The zero-order valence-corrected chi connectivity index (χ0v) is 20.8. The normalized spacial score (nSPS) is 22.5. The van der Waals surface area contributed by atoms with Gasteiger partial charge in [-0.15, -0.1) is 0 Å². The maximum atomic E-state index is 13.5. The highest BCUT2D eigenvalue weighted by atomic mass is 31.2. The zero-order valence-electron chi connectivity index (χ0n) is 19.9. The maximum absolute atomic E-state index is 13.5. The van der Waals surface area contributed by atoms with Crippen LogP contribution >= 0.6 is 7.75 Å². The van der Waals surface area contributed by atoms with Crippen LogP contribution in [-0.4, -0.2) is 51.6 Å². The molecule has 1 aliphatic rings. The Labute approximate surface area is 201 Å². The van der Waals surface area contributed by atoms with Gasteiger partial charge in [-0.3, -0.25) is 23.7 Å². The van der Waals surface area contributed by atoms with Crippen LogP contribution in [0.3, 0.4) is 0 Å². The maximum Gasteiger partial charge on any atom is 0.459 e. The van der Waals surface area contributed by atoms with E-state index in [1.807, 2.05) is 0 Å². The van der Waals surface area contributed by atoms with E-state index in [4.69, 9.17) is 18.5 Å². The Bertz CT molecular complexity index is 1180. The number of benzene rings is 1. The number of carbonyl (C=O) groups is 1. The van der Waals surface area contributed by atoms with Crippen LogP contribution < -0.4 is 20.9 Å². The molecule has 0 aliphatic carbocycles. The fraction of sp³-hybridized carbons (Fsp3) is 0.500. The number of para-hydroxylation sites is 1. The van der Waals surface area contributed by atoms with Crippen molar-refractivity contribution in [3.05, 3.63) is 62.9 Å². The molecule has 0 bridgehead atoms. The van der Waals surface area contributed by atoms with E-state index in [9.17, 15) is 24.1 Å². The monoisotopic (exact) mass is 511 g/mol. The van der Waals surface area contributed by atoms with Crippen LogP contribution in [0.5, 0.6) is 5.75 Å². The van der Waals surface area contributed by atoms with Crippen molar-refractivity contribution in [1.29, 1.82) is 0 Å². The Hall–Kier alpha value is -2.76. The second-order valence-corrected chi connectivity index (χ2v) is 10.1. The Morgan fingerprint density at radius 1 is 1.29 bits per heavy atom.